The van der Waals surface area contributed by atoms with Crippen molar-refractivity contribution >= 4 is 34.2 Å². The molecule has 1 aliphatic rings. The highest BCUT2D eigenvalue weighted by Gasteiger charge is 2.49. The Bertz CT molecular complexity index is 1460. The quantitative estimate of drug-likeness (QED) is 0.332. The molecular weight excluding hydrogens is 470 g/mol. The zero-order chi connectivity index (χ0) is 27.1. The van der Waals surface area contributed by atoms with E-state index >= 15 is 0 Å². The summed E-state index contributed by atoms with van der Waals surface area (Å²) < 4.78 is 5.52. The Morgan fingerprint density at radius 3 is 2.22 bits per heavy atom. The number of fused-ring (bicyclic) bond motifs is 2. The van der Waals surface area contributed by atoms with Crippen LogP contribution < -0.4 is 11.5 Å². The summed E-state index contributed by atoms with van der Waals surface area (Å²) >= 11 is 0. The van der Waals surface area contributed by atoms with Gasteiger partial charge in [0.2, 0.25) is 0 Å². The van der Waals surface area contributed by atoms with Gasteiger partial charge < -0.3 is 21.2 Å². The molecule has 0 saturated carbocycles. The molecule has 4 rings (SSSR count). The maximum absolute atomic E-state index is 13.8. The Morgan fingerprint density at radius 2 is 1.57 bits per heavy atom. The molecule has 0 fully saturated rings. The first-order valence-electron chi connectivity index (χ1n) is 12.1. The summed E-state index contributed by atoms with van der Waals surface area (Å²) in [6, 6.07) is 12.8. The zero-order valence-electron chi connectivity index (χ0n) is 21.4. The normalized spacial score (nSPS) is 16.4. The predicted octanol–water partition coefficient (Wildman–Crippen LogP) is 3.43. The van der Waals surface area contributed by atoms with Crippen LogP contribution in [0.5, 0.6) is 0 Å². The molecule has 0 aliphatic heterocycles. The number of hydrogen-bond donors (Lipinski definition) is 3. The van der Waals surface area contributed by atoms with E-state index in [2.05, 4.69) is 4.98 Å². The minimum absolute atomic E-state index is 0.00436. The fraction of sp³-hybridized carbons (Fsp3) is 0.310. The second-order valence-electron chi connectivity index (χ2n) is 10.5. The van der Waals surface area contributed by atoms with Gasteiger partial charge in [0.15, 0.2) is 22.9 Å². The molecule has 1 unspecified atom stereocenters. The third-order valence-electron chi connectivity index (χ3n) is 6.59. The number of aromatic amines is 1. The topological polar surface area (TPSA) is 145 Å². The summed E-state index contributed by atoms with van der Waals surface area (Å²) in [6.45, 7) is 6.45. The van der Waals surface area contributed by atoms with Crippen molar-refractivity contribution in [3.8, 4) is 0 Å². The van der Waals surface area contributed by atoms with Crippen molar-refractivity contribution in [2.45, 2.75) is 57.7 Å². The SMILES string of the molecule is CC1=C(CC(N)(C(=O)OC(C)(C)C)C(=O)[C@H](N)Cc2c[nH]c3ccccc23)C(=O)c2ccccc2C1=O. The molecule has 0 bridgehead atoms. The average Bonchev–Trinajstić information content (AvgIpc) is 3.26. The third-order valence-corrected chi connectivity index (χ3v) is 6.59. The van der Waals surface area contributed by atoms with Gasteiger partial charge >= 0.3 is 5.97 Å². The van der Waals surface area contributed by atoms with Crippen molar-refractivity contribution in [3.05, 3.63) is 82.6 Å². The smallest absolute Gasteiger partial charge is 0.334 e. The van der Waals surface area contributed by atoms with E-state index in [1.807, 2.05) is 24.3 Å². The molecule has 8 heteroatoms. The summed E-state index contributed by atoms with van der Waals surface area (Å²) in [5, 5.41) is 0.897. The first-order valence-corrected chi connectivity index (χ1v) is 12.1. The minimum Gasteiger partial charge on any atom is -0.458 e. The van der Waals surface area contributed by atoms with Crippen LogP contribution in [0.4, 0.5) is 0 Å². The van der Waals surface area contributed by atoms with Crippen molar-refractivity contribution in [2.75, 3.05) is 0 Å². The van der Waals surface area contributed by atoms with Gasteiger partial charge in [-0.1, -0.05) is 42.5 Å². The van der Waals surface area contributed by atoms with Crippen LogP contribution in [-0.2, 0) is 20.7 Å². The van der Waals surface area contributed by atoms with E-state index in [1.165, 1.54) is 13.0 Å². The number of carbonyl (C=O) groups is 4. The summed E-state index contributed by atoms with van der Waals surface area (Å²) in [4.78, 5) is 56.7. The summed E-state index contributed by atoms with van der Waals surface area (Å²) in [5.41, 5.74) is 12.0. The average molecular weight is 502 g/mol. The second kappa shape index (κ2) is 9.53. The molecule has 0 radical (unpaired) electrons. The van der Waals surface area contributed by atoms with E-state index in [9.17, 15) is 19.2 Å². The fourth-order valence-corrected chi connectivity index (χ4v) is 4.63. The second-order valence-corrected chi connectivity index (χ2v) is 10.5. The highest BCUT2D eigenvalue weighted by Crippen LogP contribution is 2.32. The zero-order valence-corrected chi connectivity index (χ0v) is 21.4. The number of aromatic nitrogens is 1. The summed E-state index contributed by atoms with van der Waals surface area (Å²) in [6.07, 6.45) is 1.36. The molecule has 1 aliphatic carbocycles. The number of nitrogens with one attached hydrogen (secondary N) is 1. The maximum Gasteiger partial charge on any atom is 0.334 e. The van der Waals surface area contributed by atoms with E-state index in [1.54, 1.807) is 45.2 Å². The lowest BCUT2D eigenvalue weighted by molar-refractivity contribution is -0.164. The largest absolute Gasteiger partial charge is 0.458 e. The number of Topliss-reactive ketones (excluding diaryl/α,β-unsaturated/α-hetero) is 3. The van der Waals surface area contributed by atoms with Crippen LogP contribution >= 0.6 is 0 Å². The van der Waals surface area contributed by atoms with Crippen LogP contribution in [0.15, 0.2) is 65.9 Å². The first-order chi connectivity index (χ1) is 17.3. The Balaban J connectivity index is 1.71. The van der Waals surface area contributed by atoms with Crippen molar-refractivity contribution in [1.82, 2.24) is 4.98 Å². The molecule has 0 spiro atoms. The van der Waals surface area contributed by atoms with Gasteiger partial charge in [-0.3, -0.25) is 14.4 Å². The van der Waals surface area contributed by atoms with E-state index in [0.717, 1.165) is 16.5 Å². The predicted molar refractivity (Wildman–Crippen MR) is 140 cm³/mol. The van der Waals surface area contributed by atoms with Gasteiger partial charge in [0.05, 0.1) is 6.04 Å². The number of nitrogens with two attached hydrogens (primary N) is 2. The molecule has 3 aromatic rings. The van der Waals surface area contributed by atoms with Gasteiger partial charge in [0, 0.05) is 45.8 Å². The molecule has 0 saturated heterocycles. The van der Waals surface area contributed by atoms with Gasteiger partial charge in [-0.25, -0.2) is 4.79 Å². The number of benzene rings is 2. The van der Waals surface area contributed by atoms with Gasteiger partial charge in [0.1, 0.15) is 5.60 Å². The minimum atomic E-state index is -2.28. The van der Waals surface area contributed by atoms with Crippen LogP contribution in [-0.4, -0.2) is 45.5 Å². The molecule has 1 aromatic heterocycles. The van der Waals surface area contributed by atoms with Crippen LogP contribution in [0.1, 0.15) is 60.4 Å². The van der Waals surface area contributed by atoms with E-state index in [-0.39, 0.29) is 34.5 Å². The molecule has 37 heavy (non-hydrogen) atoms. The standard InChI is InChI=1S/C29H31N3O5/c1-16-21(25(34)20-11-6-5-10-19(20)24(16)33)14-29(31,27(36)37-28(2,3)4)26(35)22(30)13-17-15-32-23-12-8-7-9-18(17)23/h5-12,15,22,32H,13-14,30-31H2,1-4H3/t22-,29?/m1/s1. The molecule has 2 aromatic carbocycles. The lowest BCUT2D eigenvalue weighted by atomic mass is 9.76. The van der Waals surface area contributed by atoms with Crippen LogP contribution in [0.2, 0.25) is 0 Å². The van der Waals surface area contributed by atoms with Crippen LogP contribution in [0, 0.1) is 0 Å². The number of H-pyrrole nitrogens is 1. The Hall–Kier alpha value is -3.88. The van der Waals surface area contributed by atoms with Gasteiger partial charge in [-0.2, -0.15) is 0 Å². The first kappa shape index (κ1) is 26.2. The molecule has 1 heterocycles. The molecule has 2 atom stereocenters. The number of esters is 1. The van der Waals surface area contributed by atoms with E-state index in [4.69, 9.17) is 16.2 Å². The number of hydrogen-bond acceptors (Lipinski definition) is 7. The number of ketones is 3. The maximum atomic E-state index is 13.8. The van der Waals surface area contributed by atoms with Gasteiger partial charge in [-0.05, 0) is 45.7 Å². The summed E-state index contributed by atoms with van der Waals surface area (Å²) in [5.74, 6) is -2.58. The fourth-order valence-electron chi connectivity index (χ4n) is 4.63. The number of allylic oxidation sites excluding steroid dienone is 1. The number of carbonyl (C=O) groups excluding carboxylic acids is 4. The highest BCUT2D eigenvalue weighted by atomic mass is 16.6. The van der Waals surface area contributed by atoms with Crippen molar-refractivity contribution in [2.24, 2.45) is 11.5 Å². The molecule has 5 N–H and O–H groups in total. The monoisotopic (exact) mass is 501 g/mol. The lowest BCUT2D eigenvalue weighted by Crippen LogP contribution is -2.62. The summed E-state index contributed by atoms with van der Waals surface area (Å²) in [7, 11) is 0. The third kappa shape index (κ3) is 4.90. The van der Waals surface area contributed by atoms with Crippen LogP contribution in [0.25, 0.3) is 10.9 Å². The number of ether oxygens (including phenoxy) is 1. The number of rotatable bonds is 7. The molecular formula is C29H31N3O5. The van der Waals surface area contributed by atoms with E-state index in [0.29, 0.717) is 0 Å². The Morgan fingerprint density at radius 1 is 0.973 bits per heavy atom. The highest BCUT2D eigenvalue weighted by molar-refractivity contribution is 6.27. The van der Waals surface area contributed by atoms with Crippen molar-refractivity contribution < 1.29 is 23.9 Å². The van der Waals surface area contributed by atoms with Gasteiger partial charge in [0.25, 0.3) is 0 Å². The Labute approximate surface area is 215 Å². The van der Waals surface area contributed by atoms with Crippen LogP contribution in [0.3, 0.4) is 0 Å². The van der Waals surface area contributed by atoms with Crippen molar-refractivity contribution in [1.29, 1.82) is 0 Å². The molecule has 192 valence electrons. The Kier molecular flexibility index (Phi) is 6.75. The van der Waals surface area contributed by atoms with E-state index < -0.39 is 41.1 Å². The number of para-hydroxylation sites is 1. The lowest BCUT2D eigenvalue weighted by Gasteiger charge is -2.33. The van der Waals surface area contributed by atoms with Crippen molar-refractivity contribution in [3.63, 3.8) is 0 Å². The molecule has 8 nitrogen and oxygen atoms in total. The molecule has 0 amide bonds. The van der Waals surface area contributed by atoms with Gasteiger partial charge in [-0.15, -0.1) is 0 Å².